The minimum absolute atomic E-state index is 0.0338. The molecule has 0 radical (unpaired) electrons. The Balaban J connectivity index is 1.76. The van der Waals surface area contributed by atoms with Gasteiger partial charge in [0.25, 0.3) is 5.91 Å². The summed E-state index contributed by atoms with van der Waals surface area (Å²) in [5, 5.41) is 8.35. The van der Waals surface area contributed by atoms with E-state index in [0.29, 0.717) is 17.8 Å². The van der Waals surface area contributed by atoms with Gasteiger partial charge in [0.05, 0.1) is 6.54 Å². The Kier molecular flexibility index (Phi) is 3.37. The van der Waals surface area contributed by atoms with Crippen molar-refractivity contribution in [2.24, 2.45) is 0 Å². The minimum Gasteiger partial charge on any atom is -0.399 e. The van der Waals surface area contributed by atoms with E-state index in [0.717, 1.165) is 36.6 Å². The van der Waals surface area contributed by atoms with Gasteiger partial charge in [-0.2, -0.15) is 0 Å². The molecule has 21 heavy (non-hydrogen) atoms. The van der Waals surface area contributed by atoms with Crippen molar-refractivity contribution < 1.29 is 4.79 Å². The zero-order chi connectivity index (χ0) is 15.0. The summed E-state index contributed by atoms with van der Waals surface area (Å²) in [6, 6.07) is 5.35. The fourth-order valence-corrected chi connectivity index (χ4v) is 2.64. The molecular weight excluding hydrogens is 266 g/mol. The number of nitrogens with zero attached hydrogens (tertiary/aromatic N) is 4. The first-order valence-corrected chi connectivity index (χ1v) is 7.09. The van der Waals surface area contributed by atoms with E-state index in [2.05, 4.69) is 14.8 Å². The van der Waals surface area contributed by atoms with Crippen LogP contribution in [0.15, 0.2) is 18.2 Å². The second-order valence-corrected chi connectivity index (χ2v) is 5.52. The van der Waals surface area contributed by atoms with Gasteiger partial charge in [0, 0.05) is 31.3 Å². The number of hydrogen-bond acceptors (Lipinski definition) is 4. The summed E-state index contributed by atoms with van der Waals surface area (Å²) in [6.45, 7) is 3.31. The third-order valence-electron chi connectivity index (χ3n) is 3.93. The molecule has 1 aromatic heterocycles. The molecule has 1 aromatic carbocycles. The fourth-order valence-electron chi connectivity index (χ4n) is 2.64. The van der Waals surface area contributed by atoms with Crippen molar-refractivity contribution >= 4 is 11.6 Å². The standard InChI is InChI=1S/C15H19N5O/c1-10-8-11(5-6-12(10)16)15(21)19(2)9-14-18-17-13-4-3-7-20(13)14/h5-6,8H,3-4,7,9,16H2,1-2H3. The number of nitrogens with two attached hydrogens (primary N) is 1. The Labute approximate surface area is 123 Å². The van der Waals surface area contributed by atoms with E-state index in [-0.39, 0.29) is 5.91 Å². The molecule has 6 nitrogen and oxygen atoms in total. The number of carbonyl (C=O) groups excluding carboxylic acids is 1. The van der Waals surface area contributed by atoms with Crippen molar-refractivity contribution in [1.29, 1.82) is 0 Å². The van der Waals surface area contributed by atoms with Crippen LogP contribution in [0.3, 0.4) is 0 Å². The van der Waals surface area contributed by atoms with Gasteiger partial charge in [0.2, 0.25) is 0 Å². The van der Waals surface area contributed by atoms with Crippen LogP contribution in [0.5, 0.6) is 0 Å². The van der Waals surface area contributed by atoms with Crippen molar-refractivity contribution in [1.82, 2.24) is 19.7 Å². The van der Waals surface area contributed by atoms with E-state index >= 15 is 0 Å². The van der Waals surface area contributed by atoms with Crippen LogP contribution in [-0.4, -0.2) is 32.6 Å². The number of amides is 1. The first kappa shape index (κ1) is 13.6. The molecular formula is C15H19N5O. The van der Waals surface area contributed by atoms with Gasteiger partial charge in [0.15, 0.2) is 5.82 Å². The third-order valence-corrected chi connectivity index (χ3v) is 3.93. The lowest BCUT2D eigenvalue weighted by Crippen LogP contribution is -2.27. The number of hydrogen-bond donors (Lipinski definition) is 1. The lowest BCUT2D eigenvalue weighted by molar-refractivity contribution is 0.0780. The smallest absolute Gasteiger partial charge is 0.254 e. The van der Waals surface area contributed by atoms with Gasteiger partial charge in [-0.25, -0.2) is 0 Å². The number of nitrogen functional groups attached to an aromatic ring is 1. The number of benzene rings is 1. The summed E-state index contributed by atoms with van der Waals surface area (Å²) in [5.74, 6) is 1.84. The van der Waals surface area contributed by atoms with Crippen LogP contribution in [0.1, 0.15) is 34.0 Å². The van der Waals surface area contributed by atoms with Crippen molar-refractivity contribution in [3.63, 3.8) is 0 Å². The minimum atomic E-state index is -0.0338. The predicted molar refractivity (Wildman–Crippen MR) is 79.7 cm³/mol. The molecule has 1 aliphatic heterocycles. The van der Waals surface area contributed by atoms with Crippen molar-refractivity contribution in [3.8, 4) is 0 Å². The van der Waals surface area contributed by atoms with Crippen molar-refractivity contribution in [2.75, 3.05) is 12.8 Å². The SMILES string of the molecule is Cc1cc(C(=O)N(C)Cc2nnc3n2CCC3)ccc1N. The highest BCUT2D eigenvalue weighted by Gasteiger charge is 2.20. The second kappa shape index (κ2) is 5.20. The monoisotopic (exact) mass is 285 g/mol. The highest BCUT2D eigenvalue weighted by molar-refractivity contribution is 5.94. The molecule has 3 rings (SSSR count). The van der Waals surface area contributed by atoms with Crippen LogP contribution in [0, 0.1) is 6.92 Å². The molecule has 0 unspecified atom stereocenters. The average molecular weight is 285 g/mol. The first-order chi connectivity index (χ1) is 10.1. The Morgan fingerprint density at radius 2 is 2.24 bits per heavy atom. The van der Waals surface area contributed by atoms with E-state index < -0.39 is 0 Å². The topological polar surface area (TPSA) is 77.0 Å². The van der Waals surface area contributed by atoms with Crippen LogP contribution >= 0.6 is 0 Å². The molecule has 110 valence electrons. The van der Waals surface area contributed by atoms with Crippen LogP contribution in [-0.2, 0) is 19.5 Å². The van der Waals surface area contributed by atoms with Crippen LogP contribution in [0.25, 0.3) is 0 Å². The first-order valence-electron chi connectivity index (χ1n) is 7.09. The van der Waals surface area contributed by atoms with Gasteiger partial charge in [-0.3, -0.25) is 4.79 Å². The number of rotatable bonds is 3. The molecule has 0 bridgehead atoms. The molecule has 1 aliphatic rings. The molecule has 0 saturated carbocycles. The lowest BCUT2D eigenvalue weighted by atomic mass is 10.1. The maximum Gasteiger partial charge on any atom is 0.254 e. The zero-order valence-electron chi connectivity index (χ0n) is 12.3. The van der Waals surface area contributed by atoms with Crippen molar-refractivity contribution in [3.05, 3.63) is 41.0 Å². The number of aromatic nitrogens is 3. The zero-order valence-corrected chi connectivity index (χ0v) is 12.3. The molecule has 0 atom stereocenters. The molecule has 1 amide bonds. The molecule has 6 heteroatoms. The highest BCUT2D eigenvalue weighted by atomic mass is 16.2. The summed E-state index contributed by atoms with van der Waals surface area (Å²) >= 11 is 0. The van der Waals surface area contributed by atoms with E-state index in [1.165, 1.54) is 0 Å². The van der Waals surface area contributed by atoms with E-state index in [1.807, 2.05) is 13.0 Å². The van der Waals surface area contributed by atoms with Gasteiger partial charge in [-0.15, -0.1) is 10.2 Å². The second-order valence-electron chi connectivity index (χ2n) is 5.52. The molecule has 0 fully saturated rings. The van der Waals surface area contributed by atoms with Gasteiger partial charge in [-0.05, 0) is 37.1 Å². The molecule has 2 aromatic rings. The van der Waals surface area contributed by atoms with Crippen molar-refractivity contribution in [2.45, 2.75) is 32.9 Å². The fraction of sp³-hybridized carbons (Fsp3) is 0.400. The van der Waals surface area contributed by atoms with E-state index in [1.54, 1.807) is 24.1 Å². The van der Waals surface area contributed by atoms with Crippen LogP contribution < -0.4 is 5.73 Å². The third kappa shape index (κ3) is 2.49. The van der Waals surface area contributed by atoms with Gasteiger partial charge in [0.1, 0.15) is 5.82 Å². The Morgan fingerprint density at radius 3 is 3.00 bits per heavy atom. The lowest BCUT2D eigenvalue weighted by Gasteiger charge is -2.17. The Morgan fingerprint density at radius 1 is 1.43 bits per heavy atom. The van der Waals surface area contributed by atoms with Gasteiger partial charge >= 0.3 is 0 Å². The van der Waals surface area contributed by atoms with E-state index in [4.69, 9.17) is 5.73 Å². The average Bonchev–Trinajstić information content (AvgIpc) is 3.06. The maximum absolute atomic E-state index is 12.5. The Bertz CT molecular complexity index is 691. The number of fused-ring (bicyclic) bond motifs is 1. The highest BCUT2D eigenvalue weighted by Crippen LogP contribution is 2.17. The number of carbonyl (C=O) groups is 1. The predicted octanol–water partition coefficient (Wildman–Crippen LogP) is 1.39. The van der Waals surface area contributed by atoms with E-state index in [9.17, 15) is 4.79 Å². The summed E-state index contributed by atoms with van der Waals surface area (Å²) in [5.41, 5.74) is 8.05. The molecule has 0 spiro atoms. The Hall–Kier alpha value is -2.37. The molecule has 2 N–H and O–H groups in total. The van der Waals surface area contributed by atoms with Gasteiger partial charge in [-0.1, -0.05) is 0 Å². The quantitative estimate of drug-likeness (QED) is 0.864. The van der Waals surface area contributed by atoms with Crippen LogP contribution in [0.2, 0.25) is 0 Å². The van der Waals surface area contributed by atoms with Crippen LogP contribution in [0.4, 0.5) is 5.69 Å². The largest absolute Gasteiger partial charge is 0.399 e. The molecule has 0 saturated heterocycles. The number of anilines is 1. The normalized spacial score (nSPS) is 13.2. The summed E-state index contributed by atoms with van der Waals surface area (Å²) < 4.78 is 2.11. The summed E-state index contributed by atoms with van der Waals surface area (Å²) in [4.78, 5) is 14.1. The summed E-state index contributed by atoms with van der Waals surface area (Å²) in [6.07, 6.45) is 2.08. The maximum atomic E-state index is 12.5. The number of aryl methyl sites for hydroxylation is 2. The summed E-state index contributed by atoms with van der Waals surface area (Å²) in [7, 11) is 1.78. The van der Waals surface area contributed by atoms with Gasteiger partial charge < -0.3 is 15.2 Å². The molecule has 2 heterocycles. The molecule has 0 aliphatic carbocycles.